The Labute approximate surface area is 104 Å². The van der Waals surface area contributed by atoms with Crippen molar-refractivity contribution in [3.05, 3.63) is 24.5 Å². The molecule has 0 aliphatic rings. The normalized spacial score (nSPS) is 10.5. The SMILES string of the molecule is CCn1cnnc1CNC(=O)Cn1cc(N)cn1. The summed E-state index contributed by atoms with van der Waals surface area (Å²) in [5, 5.41) is 14.4. The van der Waals surface area contributed by atoms with E-state index in [1.165, 1.54) is 10.9 Å². The third kappa shape index (κ3) is 2.84. The lowest BCUT2D eigenvalue weighted by atomic mass is 10.5. The van der Waals surface area contributed by atoms with Crippen molar-refractivity contribution in [2.75, 3.05) is 5.73 Å². The molecule has 8 nitrogen and oxygen atoms in total. The average molecular weight is 249 g/mol. The summed E-state index contributed by atoms with van der Waals surface area (Å²) in [6.45, 7) is 3.25. The predicted octanol–water partition coefficient (Wildman–Crippen LogP) is -0.607. The zero-order chi connectivity index (χ0) is 13.0. The Morgan fingerprint density at radius 1 is 1.56 bits per heavy atom. The lowest BCUT2D eigenvalue weighted by molar-refractivity contribution is -0.122. The molecule has 96 valence electrons. The maximum atomic E-state index is 11.6. The number of amides is 1. The lowest BCUT2D eigenvalue weighted by Gasteiger charge is -2.05. The van der Waals surface area contributed by atoms with Gasteiger partial charge in [-0.1, -0.05) is 0 Å². The number of rotatable bonds is 5. The minimum atomic E-state index is -0.149. The fourth-order valence-electron chi connectivity index (χ4n) is 1.53. The molecule has 3 N–H and O–H groups in total. The van der Waals surface area contributed by atoms with Crippen molar-refractivity contribution in [3.63, 3.8) is 0 Å². The van der Waals surface area contributed by atoms with Crippen molar-refractivity contribution in [2.45, 2.75) is 26.6 Å². The fraction of sp³-hybridized carbons (Fsp3) is 0.400. The topological polar surface area (TPSA) is 104 Å². The Morgan fingerprint density at radius 3 is 3.06 bits per heavy atom. The molecule has 0 unspecified atom stereocenters. The van der Waals surface area contributed by atoms with Gasteiger partial charge in [0.25, 0.3) is 0 Å². The summed E-state index contributed by atoms with van der Waals surface area (Å²) >= 11 is 0. The van der Waals surface area contributed by atoms with Crippen LogP contribution in [0.15, 0.2) is 18.7 Å². The van der Waals surface area contributed by atoms with Crippen molar-refractivity contribution in [1.29, 1.82) is 0 Å². The molecular weight excluding hydrogens is 234 g/mol. The summed E-state index contributed by atoms with van der Waals surface area (Å²) in [5.41, 5.74) is 6.04. The minimum Gasteiger partial charge on any atom is -0.396 e. The minimum absolute atomic E-state index is 0.136. The average Bonchev–Trinajstić information content (AvgIpc) is 2.95. The molecule has 0 radical (unpaired) electrons. The molecule has 0 saturated heterocycles. The van der Waals surface area contributed by atoms with Crippen LogP contribution in [0.25, 0.3) is 0 Å². The maximum absolute atomic E-state index is 11.6. The maximum Gasteiger partial charge on any atom is 0.242 e. The van der Waals surface area contributed by atoms with Crippen LogP contribution in [0.2, 0.25) is 0 Å². The van der Waals surface area contributed by atoms with E-state index >= 15 is 0 Å². The number of nitrogens with two attached hydrogens (primary N) is 1. The number of nitrogen functional groups attached to an aromatic ring is 1. The molecule has 0 spiro atoms. The van der Waals surface area contributed by atoms with Crippen LogP contribution in [0.5, 0.6) is 0 Å². The Hall–Kier alpha value is -2.38. The highest BCUT2D eigenvalue weighted by atomic mass is 16.2. The number of hydrogen-bond donors (Lipinski definition) is 2. The number of anilines is 1. The molecule has 0 aliphatic heterocycles. The molecule has 2 aromatic rings. The molecule has 0 saturated carbocycles. The van der Waals surface area contributed by atoms with Crippen molar-refractivity contribution in [1.82, 2.24) is 29.9 Å². The molecule has 2 aromatic heterocycles. The van der Waals surface area contributed by atoms with Gasteiger partial charge in [-0.25, -0.2) is 0 Å². The van der Waals surface area contributed by atoms with Crippen molar-refractivity contribution in [2.24, 2.45) is 0 Å². The van der Waals surface area contributed by atoms with E-state index in [4.69, 9.17) is 5.73 Å². The van der Waals surface area contributed by atoms with Gasteiger partial charge in [-0.2, -0.15) is 5.10 Å². The first kappa shape index (κ1) is 12.1. The molecule has 0 fully saturated rings. The van der Waals surface area contributed by atoms with Crippen LogP contribution < -0.4 is 11.1 Å². The van der Waals surface area contributed by atoms with E-state index in [9.17, 15) is 4.79 Å². The van der Waals surface area contributed by atoms with Crippen LogP contribution >= 0.6 is 0 Å². The Bertz CT molecular complexity index is 530. The monoisotopic (exact) mass is 249 g/mol. The van der Waals surface area contributed by atoms with Gasteiger partial charge < -0.3 is 15.6 Å². The number of hydrogen-bond acceptors (Lipinski definition) is 5. The summed E-state index contributed by atoms with van der Waals surface area (Å²) in [6.07, 6.45) is 4.74. The first-order chi connectivity index (χ1) is 8.69. The third-order valence-electron chi connectivity index (χ3n) is 2.44. The number of aryl methyl sites for hydroxylation is 1. The van der Waals surface area contributed by atoms with E-state index in [1.807, 2.05) is 11.5 Å². The van der Waals surface area contributed by atoms with Crippen LogP contribution in [0.4, 0.5) is 5.69 Å². The Kier molecular flexibility index (Phi) is 3.56. The highest BCUT2D eigenvalue weighted by Crippen LogP contribution is 1.98. The fourth-order valence-corrected chi connectivity index (χ4v) is 1.53. The van der Waals surface area contributed by atoms with Gasteiger partial charge in [-0.15, -0.1) is 10.2 Å². The lowest BCUT2D eigenvalue weighted by Crippen LogP contribution is -2.28. The Morgan fingerprint density at radius 2 is 2.39 bits per heavy atom. The van der Waals surface area contributed by atoms with Gasteiger partial charge in [0, 0.05) is 12.7 Å². The van der Waals surface area contributed by atoms with E-state index in [1.54, 1.807) is 12.5 Å². The molecule has 0 atom stereocenters. The zero-order valence-corrected chi connectivity index (χ0v) is 10.1. The highest BCUT2D eigenvalue weighted by Gasteiger charge is 2.07. The first-order valence-corrected chi connectivity index (χ1v) is 5.60. The van der Waals surface area contributed by atoms with Gasteiger partial charge in [-0.05, 0) is 6.92 Å². The van der Waals surface area contributed by atoms with E-state index < -0.39 is 0 Å². The van der Waals surface area contributed by atoms with Crippen LogP contribution in [0.1, 0.15) is 12.7 Å². The van der Waals surface area contributed by atoms with Crippen molar-refractivity contribution in [3.8, 4) is 0 Å². The molecule has 8 heteroatoms. The highest BCUT2D eigenvalue weighted by molar-refractivity contribution is 5.75. The van der Waals surface area contributed by atoms with Gasteiger partial charge in [0.15, 0.2) is 5.82 Å². The van der Waals surface area contributed by atoms with E-state index in [2.05, 4.69) is 20.6 Å². The molecule has 0 aliphatic carbocycles. The van der Waals surface area contributed by atoms with Crippen LogP contribution in [0, 0.1) is 0 Å². The van der Waals surface area contributed by atoms with Gasteiger partial charge >= 0.3 is 0 Å². The van der Waals surface area contributed by atoms with Crippen molar-refractivity contribution >= 4 is 11.6 Å². The third-order valence-corrected chi connectivity index (χ3v) is 2.44. The van der Waals surface area contributed by atoms with Gasteiger partial charge in [0.05, 0.1) is 18.4 Å². The second kappa shape index (κ2) is 5.30. The molecule has 2 heterocycles. The van der Waals surface area contributed by atoms with Crippen LogP contribution in [0.3, 0.4) is 0 Å². The van der Waals surface area contributed by atoms with E-state index in [0.29, 0.717) is 12.2 Å². The number of carbonyl (C=O) groups excluding carboxylic acids is 1. The molecule has 0 aromatic carbocycles. The number of aromatic nitrogens is 5. The molecule has 2 rings (SSSR count). The number of carbonyl (C=O) groups is 1. The zero-order valence-electron chi connectivity index (χ0n) is 10.1. The van der Waals surface area contributed by atoms with Crippen LogP contribution in [-0.2, 0) is 24.4 Å². The van der Waals surface area contributed by atoms with Gasteiger partial charge in [-0.3, -0.25) is 9.48 Å². The predicted molar refractivity (Wildman–Crippen MR) is 64.2 cm³/mol. The first-order valence-electron chi connectivity index (χ1n) is 5.60. The molecule has 0 bridgehead atoms. The van der Waals surface area contributed by atoms with Crippen LogP contribution in [-0.4, -0.2) is 30.5 Å². The summed E-state index contributed by atoms with van der Waals surface area (Å²) in [4.78, 5) is 11.6. The largest absolute Gasteiger partial charge is 0.396 e. The number of nitrogens with one attached hydrogen (secondary N) is 1. The second-order valence-corrected chi connectivity index (χ2v) is 3.78. The summed E-state index contributed by atoms with van der Waals surface area (Å²) in [6, 6.07) is 0. The quantitative estimate of drug-likeness (QED) is 0.736. The molecule has 18 heavy (non-hydrogen) atoms. The molecule has 1 amide bonds. The van der Waals surface area contributed by atoms with Crippen molar-refractivity contribution < 1.29 is 4.79 Å². The standard InChI is InChI=1S/C10H15N7O/c1-2-16-7-13-15-9(16)4-12-10(18)6-17-5-8(11)3-14-17/h3,5,7H,2,4,6,11H2,1H3,(H,12,18). The summed E-state index contributed by atoms with van der Waals surface area (Å²) in [7, 11) is 0. The van der Waals surface area contributed by atoms with E-state index in [-0.39, 0.29) is 12.5 Å². The number of nitrogens with zero attached hydrogens (tertiary/aromatic N) is 5. The summed E-state index contributed by atoms with van der Waals surface area (Å²) < 4.78 is 3.35. The smallest absolute Gasteiger partial charge is 0.242 e. The van der Waals surface area contributed by atoms with Gasteiger partial charge in [0.2, 0.25) is 5.91 Å². The summed E-state index contributed by atoms with van der Waals surface area (Å²) in [5.74, 6) is 0.578. The van der Waals surface area contributed by atoms with E-state index in [0.717, 1.165) is 12.4 Å². The Balaban J connectivity index is 1.85. The van der Waals surface area contributed by atoms with Gasteiger partial charge in [0.1, 0.15) is 12.9 Å². The second-order valence-electron chi connectivity index (χ2n) is 3.78. The molecular formula is C10H15N7O.